The zero-order valence-electron chi connectivity index (χ0n) is 15.6. The summed E-state index contributed by atoms with van der Waals surface area (Å²) in [7, 11) is -4.06. The van der Waals surface area contributed by atoms with Crippen molar-refractivity contribution in [3.63, 3.8) is 0 Å². The van der Waals surface area contributed by atoms with Crippen molar-refractivity contribution in [1.82, 2.24) is 9.97 Å². The number of benzene rings is 1. The van der Waals surface area contributed by atoms with Gasteiger partial charge in [-0.25, -0.2) is 22.2 Å². The second-order valence-electron chi connectivity index (χ2n) is 6.41. The van der Waals surface area contributed by atoms with Gasteiger partial charge in [0.05, 0.1) is 5.75 Å². The quantitative estimate of drug-likeness (QED) is 0.640. The van der Waals surface area contributed by atoms with Gasteiger partial charge in [-0.2, -0.15) is 0 Å². The highest BCUT2D eigenvalue weighted by molar-refractivity contribution is 7.90. The van der Waals surface area contributed by atoms with Crippen molar-refractivity contribution in [3.8, 4) is 11.1 Å². The molecule has 0 saturated carbocycles. The van der Waals surface area contributed by atoms with E-state index in [9.17, 15) is 22.0 Å². The molecule has 3 aromatic rings. The highest BCUT2D eigenvalue weighted by Crippen LogP contribution is 2.26. The van der Waals surface area contributed by atoms with Crippen molar-refractivity contribution in [2.45, 2.75) is 24.5 Å². The van der Waals surface area contributed by atoms with Crippen LogP contribution in [0.1, 0.15) is 18.2 Å². The van der Waals surface area contributed by atoms with Gasteiger partial charge in [-0.3, -0.25) is 9.78 Å². The molecule has 2 heterocycles. The van der Waals surface area contributed by atoms with Gasteiger partial charge in [-0.1, -0.05) is 0 Å². The smallest absolute Gasteiger partial charge is 0.222 e. The molecule has 29 heavy (non-hydrogen) atoms. The molecule has 0 saturated heterocycles. The molecule has 6 nitrogen and oxygen atoms in total. The number of pyridine rings is 2. The number of anilines is 1. The molecule has 1 amide bonds. The maximum atomic E-state index is 14.0. The number of aromatic nitrogens is 2. The molecular weight excluding hydrogens is 400 g/mol. The first-order valence-corrected chi connectivity index (χ1v) is 10.2. The van der Waals surface area contributed by atoms with Crippen LogP contribution in [0.5, 0.6) is 0 Å². The van der Waals surface area contributed by atoms with Gasteiger partial charge < -0.3 is 5.32 Å². The third-order valence-corrected chi connectivity index (χ3v) is 5.86. The van der Waals surface area contributed by atoms with Gasteiger partial charge >= 0.3 is 0 Å². The minimum atomic E-state index is -4.06. The third-order valence-electron chi connectivity index (χ3n) is 4.16. The fourth-order valence-electron chi connectivity index (χ4n) is 2.75. The summed E-state index contributed by atoms with van der Waals surface area (Å²) in [6.45, 7) is 3.00. The Morgan fingerprint density at radius 3 is 2.52 bits per heavy atom. The number of amides is 1. The van der Waals surface area contributed by atoms with Crippen molar-refractivity contribution in [3.05, 3.63) is 71.7 Å². The van der Waals surface area contributed by atoms with E-state index >= 15 is 0 Å². The summed E-state index contributed by atoms with van der Waals surface area (Å²) in [5.41, 5.74) is 2.12. The van der Waals surface area contributed by atoms with Crippen molar-refractivity contribution in [1.29, 1.82) is 0 Å². The van der Waals surface area contributed by atoms with Crippen molar-refractivity contribution in [2.75, 3.05) is 5.32 Å². The number of nitrogens with zero attached hydrogens (tertiary/aromatic N) is 2. The molecule has 0 aliphatic rings. The molecule has 0 fully saturated rings. The molecule has 0 bridgehead atoms. The standard InChI is InChI=1S/C20H17F2N3O3S/c1-12-16(11-29(27,28)19-4-3-17(21)9-18(19)22)7-15(10-24-12)14-5-6-23-20(8-14)25-13(2)26/h3-10H,11H2,1-2H3,(H,23,25,26). The summed E-state index contributed by atoms with van der Waals surface area (Å²) in [5.74, 6) is -2.41. The first kappa shape index (κ1) is 20.5. The van der Waals surface area contributed by atoms with Crippen molar-refractivity contribution < 1.29 is 22.0 Å². The molecule has 9 heteroatoms. The van der Waals surface area contributed by atoms with Crippen molar-refractivity contribution >= 4 is 21.6 Å². The van der Waals surface area contributed by atoms with Crippen LogP contribution in [0.2, 0.25) is 0 Å². The highest BCUT2D eigenvalue weighted by atomic mass is 32.2. The molecule has 0 radical (unpaired) electrons. The molecule has 1 N–H and O–H groups in total. The lowest BCUT2D eigenvalue weighted by Crippen LogP contribution is -2.09. The molecule has 0 unspecified atom stereocenters. The average molecular weight is 417 g/mol. The Morgan fingerprint density at radius 1 is 1.07 bits per heavy atom. The van der Waals surface area contributed by atoms with E-state index in [2.05, 4.69) is 15.3 Å². The number of halogens is 2. The van der Waals surface area contributed by atoms with E-state index in [-0.39, 0.29) is 5.91 Å². The van der Waals surface area contributed by atoms with E-state index < -0.39 is 32.1 Å². The molecule has 2 aromatic heterocycles. The van der Waals surface area contributed by atoms with Gasteiger partial charge in [0.1, 0.15) is 22.3 Å². The maximum absolute atomic E-state index is 14.0. The van der Waals surface area contributed by atoms with Crippen LogP contribution in [0.3, 0.4) is 0 Å². The fourth-order valence-corrected chi connectivity index (χ4v) is 4.24. The second-order valence-corrected chi connectivity index (χ2v) is 8.37. The van der Waals surface area contributed by atoms with E-state index in [4.69, 9.17) is 0 Å². The van der Waals surface area contributed by atoms with Crippen LogP contribution in [-0.4, -0.2) is 24.3 Å². The number of rotatable bonds is 5. The van der Waals surface area contributed by atoms with E-state index in [0.29, 0.717) is 34.3 Å². The number of hydrogen-bond donors (Lipinski definition) is 1. The Kier molecular flexibility index (Phi) is 5.69. The van der Waals surface area contributed by atoms with E-state index in [1.807, 2.05) is 0 Å². The summed E-state index contributed by atoms with van der Waals surface area (Å²) in [5, 5.41) is 2.57. The van der Waals surface area contributed by atoms with Gasteiger partial charge in [0.2, 0.25) is 5.91 Å². The highest BCUT2D eigenvalue weighted by Gasteiger charge is 2.22. The Hall–Kier alpha value is -3.20. The summed E-state index contributed by atoms with van der Waals surface area (Å²) in [6.07, 6.45) is 3.07. The lowest BCUT2D eigenvalue weighted by atomic mass is 10.1. The predicted molar refractivity (Wildman–Crippen MR) is 104 cm³/mol. The normalized spacial score (nSPS) is 11.3. The number of nitrogens with one attached hydrogen (secondary N) is 1. The van der Waals surface area contributed by atoms with E-state index in [1.54, 1.807) is 31.3 Å². The first-order valence-electron chi connectivity index (χ1n) is 8.53. The monoisotopic (exact) mass is 417 g/mol. The number of carbonyl (C=O) groups excluding carboxylic acids is 1. The fraction of sp³-hybridized carbons (Fsp3) is 0.150. The second kappa shape index (κ2) is 8.04. The molecule has 0 spiro atoms. The molecule has 0 atom stereocenters. The maximum Gasteiger partial charge on any atom is 0.222 e. The number of carbonyl (C=O) groups is 1. The predicted octanol–water partition coefficient (Wildman–Crippen LogP) is 3.66. The third kappa shape index (κ3) is 4.80. The van der Waals surface area contributed by atoms with Gasteiger partial charge in [0, 0.05) is 36.6 Å². The number of sulfone groups is 1. The van der Waals surface area contributed by atoms with E-state index in [0.717, 1.165) is 12.1 Å². The molecule has 0 aliphatic heterocycles. The van der Waals surface area contributed by atoms with Crippen LogP contribution in [0.25, 0.3) is 11.1 Å². The molecular formula is C20H17F2N3O3S. The Labute approximate surface area is 166 Å². The lowest BCUT2D eigenvalue weighted by molar-refractivity contribution is -0.114. The van der Waals surface area contributed by atoms with Crippen molar-refractivity contribution in [2.24, 2.45) is 0 Å². The summed E-state index contributed by atoms with van der Waals surface area (Å²) >= 11 is 0. The van der Waals surface area contributed by atoms with Crippen LogP contribution in [0.4, 0.5) is 14.6 Å². The van der Waals surface area contributed by atoms with Crippen LogP contribution in [-0.2, 0) is 20.4 Å². The van der Waals surface area contributed by atoms with Crippen LogP contribution in [0, 0.1) is 18.6 Å². The van der Waals surface area contributed by atoms with Crippen LogP contribution >= 0.6 is 0 Å². The van der Waals surface area contributed by atoms with Gasteiger partial charge in [-0.15, -0.1) is 0 Å². The molecule has 1 aromatic carbocycles. The summed E-state index contributed by atoms with van der Waals surface area (Å²) < 4.78 is 52.4. The number of aryl methyl sites for hydroxylation is 1. The number of hydrogen-bond acceptors (Lipinski definition) is 5. The molecule has 3 rings (SSSR count). The Balaban J connectivity index is 1.97. The van der Waals surface area contributed by atoms with Gasteiger partial charge in [-0.05, 0) is 48.4 Å². The minimum absolute atomic E-state index is 0.273. The zero-order valence-corrected chi connectivity index (χ0v) is 16.4. The summed E-state index contributed by atoms with van der Waals surface area (Å²) in [6, 6.07) is 7.30. The van der Waals surface area contributed by atoms with Crippen LogP contribution < -0.4 is 5.32 Å². The molecule has 0 aliphatic carbocycles. The molecule has 150 valence electrons. The first-order chi connectivity index (χ1) is 13.7. The average Bonchev–Trinajstić information content (AvgIpc) is 2.62. The summed E-state index contributed by atoms with van der Waals surface area (Å²) in [4.78, 5) is 18.9. The van der Waals surface area contributed by atoms with Gasteiger partial charge in [0.25, 0.3) is 0 Å². The lowest BCUT2D eigenvalue weighted by Gasteiger charge is -2.11. The van der Waals surface area contributed by atoms with Crippen LogP contribution in [0.15, 0.2) is 53.7 Å². The topological polar surface area (TPSA) is 89.0 Å². The zero-order chi connectivity index (χ0) is 21.2. The Morgan fingerprint density at radius 2 is 1.83 bits per heavy atom. The SMILES string of the molecule is CC(=O)Nc1cc(-c2cnc(C)c(CS(=O)(=O)c3ccc(F)cc3F)c2)ccn1. The largest absolute Gasteiger partial charge is 0.311 e. The Bertz CT molecular complexity index is 1200. The van der Waals surface area contributed by atoms with Gasteiger partial charge in [0.15, 0.2) is 9.84 Å². The van der Waals surface area contributed by atoms with E-state index in [1.165, 1.54) is 13.1 Å². The minimum Gasteiger partial charge on any atom is -0.311 e.